The SMILES string of the molecule is COc1cc(N2CCN(C(=O)c3csc(-c4ccc(Cl)cc4)n3)CC2)ccc1-c1cnc(C)o1. The van der Waals surface area contributed by atoms with E-state index in [0.717, 1.165) is 40.7 Å². The van der Waals surface area contributed by atoms with Crippen molar-refractivity contribution in [3.63, 3.8) is 0 Å². The van der Waals surface area contributed by atoms with Crippen LogP contribution in [-0.2, 0) is 0 Å². The molecule has 1 aliphatic rings. The zero-order chi connectivity index (χ0) is 23.7. The molecule has 0 unspecified atom stereocenters. The molecular formula is C25H23ClN4O3S. The number of anilines is 1. The molecule has 0 bridgehead atoms. The molecule has 0 atom stereocenters. The number of hydrogen-bond donors (Lipinski definition) is 0. The smallest absolute Gasteiger partial charge is 0.273 e. The monoisotopic (exact) mass is 494 g/mol. The van der Waals surface area contributed by atoms with E-state index >= 15 is 0 Å². The van der Waals surface area contributed by atoms with Crippen molar-refractivity contribution in [3.05, 3.63) is 70.6 Å². The number of ether oxygens (including phenoxy) is 1. The molecule has 34 heavy (non-hydrogen) atoms. The molecule has 5 rings (SSSR count). The van der Waals surface area contributed by atoms with Crippen LogP contribution in [0.25, 0.3) is 21.9 Å². The van der Waals surface area contributed by atoms with E-state index in [1.807, 2.05) is 59.7 Å². The van der Waals surface area contributed by atoms with Crippen LogP contribution in [0, 0.1) is 6.92 Å². The third-order valence-electron chi connectivity index (χ3n) is 5.82. The minimum Gasteiger partial charge on any atom is -0.496 e. The maximum atomic E-state index is 13.0. The summed E-state index contributed by atoms with van der Waals surface area (Å²) in [6.45, 7) is 4.51. The molecule has 1 aliphatic heterocycles. The lowest BCUT2D eigenvalue weighted by Crippen LogP contribution is -2.48. The highest BCUT2D eigenvalue weighted by atomic mass is 35.5. The van der Waals surface area contributed by atoms with Crippen LogP contribution in [0.15, 0.2) is 58.5 Å². The van der Waals surface area contributed by atoms with Gasteiger partial charge in [0.15, 0.2) is 11.7 Å². The molecule has 0 saturated carbocycles. The van der Waals surface area contributed by atoms with Crippen LogP contribution in [0.4, 0.5) is 5.69 Å². The van der Waals surface area contributed by atoms with Crippen molar-refractivity contribution in [3.8, 4) is 27.6 Å². The number of amides is 1. The Kier molecular flexibility index (Phi) is 6.26. The summed E-state index contributed by atoms with van der Waals surface area (Å²) in [6.07, 6.45) is 1.70. The van der Waals surface area contributed by atoms with Crippen LogP contribution >= 0.6 is 22.9 Å². The fourth-order valence-electron chi connectivity index (χ4n) is 3.99. The molecule has 1 amide bonds. The van der Waals surface area contributed by atoms with Gasteiger partial charge < -0.3 is 19.0 Å². The fourth-order valence-corrected chi connectivity index (χ4v) is 4.92. The van der Waals surface area contributed by atoms with Gasteiger partial charge in [-0.05, 0) is 24.3 Å². The molecular weight excluding hydrogens is 472 g/mol. The van der Waals surface area contributed by atoms with Gasteiger partial charge in [0.2, 0.25) is 0 Å². The number of oxazole rings is 1. The molecule has 2 aromatic heterocycles. The molecule has 0 N–H and O–H groups in total. The Balaban J connectivity index is 1.25. The molecule has 9 heteroatoms. The number of benzene rings is 2. The first-order valence-electron chi connectivity index (χ1n) is 10.9. The Bertz CT molecular complexity index is 1310. The number of rotatable bonds is 5. The number of piperazine rings is 1. The van der Waals surface area contributed by atoms with E-state index in [4.69, 9.17) is 20.8 Å². The predicted molar refractivity (Wildman–Crippen MR) is 134 cm³/mol. The summed E-state index contributed by atoms with van der Waals surface area (Å²) in [4.78, 5) is 25.9. The lowest BCUT2D eigenvalue weighted by Gasteiger charge is -2.36. The second-order valence-electron chi connectivity index (χ2n) is 7.95. The quantitative estimate of drug-likeness (QED) is 0.370. The molecule has 1 fully saturated rings. The maximum absolute atomic E-state index is 13.0. The molecule has 0 radical (unpaired) electrons. The highest BCUT2D eigenvalue weighted by molar-refractivity contribution is 7.13. The number of methoxy groups -OCH3 is 1. The minimum absolute atomic E-state index is 0.0373. The molecule has 174 valence electrons. The Morgan fingerprint density at radius 3 is 2.56 bits per heavy atom. The average molecular weight is 495 g/mol. The maximum Gasteiger partial charge on any atom is 0.273 e. The van der Waals surface area contributed by atoms with E-state index in [1.165, 1.54) is 11.3 Å². The van der Waals surface area contributed by atoms with Crippen LogP contribution < -0.4 is 9.64 Å². The molecule has 7 nitrogen and oxygen atoms in total. The Morgan fingerprint density at radius 1 is 1.12 bits per heavy atom. The molecule has 0 spiro atoms. The number of halogens is 1. The van der Waals surface area contributed by atoms with Gasteiger partial charge in [-0.3, -0.25) is 4.79 Å². The number of nitrogens with zero attached hydrogens (tertiary/aromatic N) is 4. The lowest BCUT2D eigenvalue weighted by atomic mass is 10.1. The van der Waals surface area contributed by atoms with Crippen LogP contribution in [0.1, 0.15) is 16.4 Å². The van der Waals surface area contributed by atoms with Gasteiger partial charge in [-0.25, -0.2) is 9.97 Å². The summed E-state index contributed by atoms with van der Waals surface area (Å²) < 4.78 is 11.3. The number of hydrogen-bond acceptors (Lipinski definition) is 7. The van der Waals surface area contributed by atoms with E-state index in [9.17, 15) is 4.79 Å². The first kappa shape index (κ1) is 22.4. The van der Waals surface area contributed by atoms with Gasteiger partial charge in [0.1, 0.15) is 16.5 Å². The Labute approximate surface area is 206 Å². The second kappa shape index (κ2) is 9.48. The zero-order valence-electron chi connectivity index (χ0n) is 18.8. The number of thiazole rings is 1. The van der Waals surface area contributed by atoms with Gasteiger partial charge in [0.05, 0.1) is 18.9 Å². The summed E-state index contributed by atoms with van der Waals surface area (Å²) in [7, 11) is 1.65. The minimum atomic E-state index is -0.0373. The van der Waals surface area contributed by atoms with E-state index in [2.05, 4.69) is 14.9 Å². The number of aromatic nitrogens is 2. The summed E-state index contributed by atoms with van der Waals surface area (Å²) in [5.74, 6) is 1.98. The molecule has 4 aromatic rings. The second-order valence-corrected chi connectivity index (χ2v) is 9.25. The van der Waals surface area contributed by atoms with Crippen LogP contribution in [0.5, 0.6) is 5.75 Å². The van der Waals surface area contributed by atoms with Crippen molar-refractivity contribution in [2.24, 2.45) is 0 Å². The van der Waals surface area contributed by atoms with Gasteiger partial charge in [0, 0.05) is 60.8 Å². The van der Waals surface area contributed by atoms with Crippen molar-refractivity contribution < 1.29 is 13.9 Å². The summed E-state index contributed by atoms with van der Waals surface area (Å²) in [5, 5.41) is 3.32. The van der Waals surface area contributed by atoms with Crippen molar-refractivity contribution >= 4 is 34.5 Å². The van der Waals surface area contributed by atoms with E-state index in [-0.39, 0.29) is 5.91 Å². The zero-order valence-corrected chi connectivity index (χ0v) is 20.4. The van der Waals surface area contributed by atoms with E-state index in [1.54, 1.807) is 13.3 Å². The van der Waals surface area contributed by atoms with Crippen molar-refractivity contribution in [2.75, 3.05) is 38.2 Å². The van der Waals surface area contributed by atoms with Gasteiger partial charge in [-0.1, -0.05) is 23.7 Å². The van der Waals surface area contributed by atoms with E-state index in [0.29, 0.717) is 35.5 Å². The number of aryl methyl sites for hydroxylation is 1. The van der Waals surface area contributed by atoms with Crippen molar-refractivity contribution in [1.82, 2.24) is 14.9 Å². The average Bonchev–Trinajstić information content (AvgIpc) is 3.53. The highest BCUT2D eigenvalue weighted by Gasteiger charge is 2.25. The van der Waals surface area contributed by atoms with E-state index < -0.39 is 0 Å². The molecule has 0 aliphatic carbocycles. The van der Waals surface area contributed by atoms with Gasteiger partial charge in [0.25, 0.3) is 5.91 Å². The fraction of sp³-hybridized carbons (Fsp3) is 0.240. The summed E-state index contributed by atoms with van der Waals surface area (Å²) >= 11 is 7.44. The Hall–Kier alpha value is -3.36. The normalized spacial score (nSPS) is 13.9. The van der Waals surface area contributed by atoms with Gasteiger partial charge in [-0.2, -0.15) is 0 Å². The van der Waals surface area contributed by atoms with Crippen molar-refractivity contribution in [1.29, 1.82) is 0 Å². The first-order valence-corrected chi connectivity index (χ1v) is 12.1. The van der Waals surface area contributed by atoms with Crippen LogP contribution in [0.3, 0.4) is 0 Å². The van der Waals surface area contributed by atoms with Crippen LogP contribution in [0.2, 0.25) is 5.02 Å². The number of carbonyl (C=O) groups excluding carboxylic acids is 1. The third-order valence-corrected chi connectivity index (χ3v) is 6.96. The van der Waals surface area contributed by atoms with Crippen LogP contribution in [-0.4, -0.2) is 54.1 Å². The molecule has 2 aromatic carbocycles. The third kappa shape index (κ3) is 4.51. The Morgan fingerprint density at radius 2 is 1.88 bits per heavy atom. The van der Waals surface area contributed by atoms with Gasteiger partial charge >= 0.3 is 0 Å². The largest absolute Gasteiger partial charge is 0.496 e. The first-order chi connectivity index (χ1) is 16.5. The lowest BCUT2D eigenvalue weighted by molar-refractivity contribution is 0.0741. The predicted octanol–water partition coefficient (Wildman–Crippen LogP) is 5.40. The molecule has 1 saturated heterocycles. The topological polar surface area (TPSA) is 71.7 Å². The number of carbonyl (C=O) groups is 1. The van der Waals surface area contributed by atoms with Crippen molar-refractivity contribution in [2.45, 2.75) is 6.92 Å². The summed E-state index contributed by atoms with van der Waals surface area (Å²) in [5.41, 5.74) is 3.34. The standard InChI is InChI=1S/C25H23ClN4O3S/c1-16-27-14-23(33-16)20-8-7-19(13-22(20)32-2)29-9-11-30(12-10-29)25(31)21-15-34-24(28-21)17-3-5-18(26)6-4-17/h3-8,13-15H,9-12H2,1-2H3. The molecule has 3 heterocycles. The highest BCUT2D eigenvalue weighted by Crippen LogP contribution is 2.34. The van der Waals surface area contributed by atoms with Gasteiger partial charge in [-0.15, -0.1) is 11.3 Å². The summed E-state index contributed by atoms with van der Waals surface area (Å²) in [6, 6.07) is 13.5.